The molecule has 0 bridgehead atoms. The second kappa shape index (κ2) is 7.66. The number of hydrogen-bond acceptors (Lipinski definition) is 3. The van der Waals surface area contributed by atoms with E-state index in [1.54, 1.807) is 0 Å². The highest BCUT2D eigenvalue weighted by Crippen LogP contribution is 2.68. The summed E-state index contributed by atoms with van der Waals surface area (Å²) in [5, 5.41) is 19.4. The minimum absolute atomic E-state index is 0.115. The van der Waals surface area contributed by atoms with Gasteiger partial charge in [-0.25, -0.2) is 0 Å². The molecule has 4 rings (SSSR count). The molecule has 0 aromatic heterocycles. The summed E-state index contributed by atoms with van der Waals surface area (Å²) in [6, 6.07) is 0. The van der Waals surface area contributed by atoms with Gasteiger partial charge < -0.3 is 10.2 Å². The summed E-state index contributed by atoms with van der Waals surface area (Å²) >= 11 is 0. The van der Waals surface area contributed by atoms with Gasteiger partial charge in [-0.05, 0) is 98.7 Å². The SMILES string of the molecule is CC[C@H]1C(=O)C2C3CCC(CCCC(=O)O)[C@@]3(C)CCC2[C@@]2(C)CC[C@@H](O)C[C@@H]12. The van der Waals surface area contributed by atoms with Crippen LogP contribution in [0.5, 0.6) is 0 Å². The molecule has 9 atom stereocenters. The number of ketones is 1. The zero-order chi connectivity index (χ0) is 21.0. The summed E-state index contributed by atoms with van der Waals surface area (Å²) in [4.78, 5) is 24.8. The number of aliphatic carboxylic acids is 1. The fourth-order valence-electron chi connectivity index (χ4n) is 8.72. The Hall–Kier alpha value is -0.900. The summed E-state index contributed by atoms with van der Waals surface area (Å²) in [6.45, 7) is 7.02. The average molecular weight is 405 g/mol. The highest BCUT2D eigenvalue weighted by Gasteiger charge is 2.64. The Kier molecular flexibility index (Phi) is 5.63. The molecule has 164 valence electrons. The Labute approximate surface area is 175 Å². The third-order valence-corrected chi connectivity index (χ3v) is 10.3. The van der Waals surface area contributed by atoms with Gasteiger partial charge in [-0.1, -0.05) is 20.8 Å². The molecular weight excluding hydrogens is 364 g/mol. The smallest absolute Gasteiger partial charge is 0.303 e. The van der Waals surface area contributed by atoms with Crippen LogP contribution in [0.1, 0.15) is 91.4 Å². The largest absolute Gasteiger partial charge is 0.481 e. The lowest BCUT2D eigenvalue weighted by Gasteiger charge is -2.62. The molecule has 0 heterocycles. The van der Waals surface area contributed by atoms with Gasteiger partial charge in [0.2, 0.25) is 0 Å². The van der Waals surface area contributed by atoms with Gasteiger partial charge in [0.15, 0.2) is 0 Å². The quantitative estimate of drug-likeness (QED) is 0.670. The Morgan fingerprint density at radius 3 is 2.41 bits per heavy atom. The molecule has 4 unspecified atom stereocenters. The maximum Gasteiger partial charge on any atom is 0.303 e. The molecule has 29 heavy (non-hydrogen) atoms. The lowest BCUT2D eigenvalue weighted by atomic mass is 9.42. The third kappa shape index (κ3) is 3.28. The lowest BCUT2D eigenvalue weighted by Crippen LogP contribution is -2.60. The monoisotopic (exact) mass is 404 g/mol. The number of carboxylic acids is 1. The van der Waals surface area contributed by atoms with Crippen LogP contribution in [-0.4, -0.2) is 28.1 Å². The van der Waals surface area contributed by atoms with Crippen molar-refractivity contribution in [3.05, 3.63) is 0 Å². The van der Waals surface area contributed by atoms with E-state index in [0.29, 0.717) is 29.5 Å². The van der Waals surface area contributed by atoms with Crippen LogP contribution in [0.15, 0.2) is 0 Å². The molecule has 0 amide bonds. The van der Waals surface area contributed by atoms with E-state index in [2.05, 4.69) is 20.8 Å². The zero-order valence-electron chi connectivity index (χ0n) is 18.5. The van der Waals surface area contributed by atoms with Crippen LogP contribution in [0.3, 0.4) is 0 Å². The number of carboxylic acid groups (broad SMARTS) is 1. The molecule has 4 aliphatic carbocycles. The van der Waals surface area contributed by atoms with Crippen LogP contribution in [-0.2, 0) is 9.59 Å². The van der Waals surface area contributed by atoms with E-state index in [0.717, 1.165) is 57.8 Å². The molecule has 2 N–H and O–H groups in total. The van der Waals surface area contributed by atoms with E-state index in [4.69, 9.17) is 5.11 Å². The van der Waals surface area contributed by atoms with E-state index in [1.165, 1.54) is 6.42 Å². The van der Waals surface area contributed by atoms with Crippen LogP contribution in [0.25, 0.3) is 0 Å². The van der Waals surface area contributed by atoms with E-state index in [9.17, 15) is 14.7 Å². The Bertz CT molecular complexity index is 659. The maximum absolute atomic E-state index is 13.8. The zero-order valence-corrected chi connectivity index (χ0v) is 18.5. The second-order valence-corrected chi connectivity index (χ2v) is 11.3. The Balaban J connectivity index is 1.60. The van der Waals surface area contributed by atoms with Crippen molar-refractivity contribution in [2.45, 2.75) is 97.5 Å². The summed E-state index contributed by atoms with van der Waals surface area (Å²) in [5.41, 5.74) is 0.395. The van der Waals surface area contributed by atoms with E-state index >= 15 is 0 Å². The molecule has 0 spiro atoms. The van der Waals surface area contributed by atoms with E-state index < -0.39 is 5.97 Å². The lowest BCUT2D eigenvalue weighted by molar-refractivity contribution is -0.172. The fraction of sp³-hybridized carbons (Fsp3) is 0.920. The topological polar surface area (TPSA) is 74.6 Å². The minimum Gasteiger partial charge on any atom is -0.481 e. The number of carbonyl (C=O) groups is 2. The van der Waals surface area contributed by atoms with Crippen LogP contribution in [0.2, 0.25) is 0 Å². The summed E-state index contributed by atoms with van der Waals surface area (Å²) in [5.74, 6) is 2.00. The van der Waals surface area contributed by atoms with E-state index in [1.807, 2.05) is 0 Å². The van der Waals surface area contributed by atoms with Gasteiger partial charge in [-0.2, -0.15) is 0 Å². The molecule has 0 saturated heterocycles. The van der Waals surface area contributed by atoms with Gasteiger partial charge in [-0.3, -0.25) is 9.59 Å². The summed E-state index contributed by atoms with van der Waals surface area (Å²) in [7, 11) is 0. The molecule has 0 radical (unpaired) electrons. The summed E-state index contributed by atoms with van der Waals surface area (Å²) < 4.78 is 0. The molecule has 4 nitrogen and oxygen atoms in total. The van der Waals surface area contributed by atoms with Gasteiger partial charge in [0.1, 0.15) is 5.78 Å². The number of fused-ring (bicyclic) bond motifs is 5. The first-order valence-electron chi connectivity index (χ1n) is 12.2. The van der Waals surface area contributed by atoms with Crippen molar-refractivity contribution in [3.63, 3.8) is 0 Å². The van der Waals surface area contributed by atoms with Crippen molar-refractivity contribution in [1.82, 2.24) is 0 Å². The van der Waals surface area contributed by atoms with Crippen LogP contribution in [0.4, 0.5) is 0 Å². The number of aliphatic hydroxyl groups is 1. The first-order valence-corrected chi connectivity index (χ1v) is 12.2. The predicted octanol–water partition coefficient (Wildman–Crippen LogP) is 5.08. The number of hydrogen-bond donors (Lipinski definition) is 2. The number of aliphatic hydroxyl groups excluding tert-OH is 1. The van der Waals surface area contributed by atoms with Crippen LogP contribution in [0, 0.1) is 46.3 Å². The standard InChI is InChI=1S/C25H40O4/c1-4-17-20-14-16(26)10-12-25(20,3)19-11-13-24(2)15(6-5-7-21(27)28)8-9-18(24)22(19)23(17)29/h15-20,22,26H,4-14H2,1-3H3,(H,27,28)/t15?,16-,17-,18?,19?,20+,22?,24-,25-/m1/s1. The van der Waals surface area contributed by atoms with Gasteiger partial charge in [0.25, 0.3) is 0 Å². The van der Waals surface area contributed by atoms with Crippen LogP contribution < -0.4 is 0 Å². The number of carbonyl (C=O) groups excluding carboxylic acids is 1. The highest BCUT2D eigenvalue weighted by molar-refractivity contribution is 5.86. The Morgan fingerprint density at radius 2 is 1.72 bits per heavy atom. The number of rotatable bonds is 5. The van der Waals surface area contributed by atoms with Gasteiger partial charge in [-0.15, -0.1) is 0 Å². The maximum atomic E-state index is 13.8. The average Bonchev–Trinajstić information content (AvgIpc) is 3.00. The minimum atomic E-state index is -0.694. The van der Waals surface area contributed by atoms with Crippen molar-refractivity contribution < 1.29 is 19.8 Å². The van der Waals surface area contributed by atoms with Gasteiger partial charge in [0, 0.05) is 18.3 Å². The molecule has 0 aromatic carbocycles. The molecule has 4 heteroatoms. The van der Waals surface area contributed by atoms with E-state index in [-0.39, 0.29) is 35.2 Å². The van der Waals surface area contributed by atoms with Crippen molar-refractivity contribution in [1.29, 1.82) is 0 Å². The normalized spacial score (nSPS) is 49.2. The number of Topliss-reactive ketones (excluding diaryl/α,β-unsaturated/α-hetero) is 1. The van der Waals surface area contributed by atoms with Crippen molar-refractivity contribution in [2.24, 2.45) is 46.3 Å². The summed E-state index contributed by atoms with van der Waals surface area (Å²) in [6.07, 6.45) is 10.1. The first kappa shape index (κ1) is 21.3. The predicted molar refractivity (Wildman–Crippen MR) is 112 cm³/mol. The molecule has 4 saturated carbocycles. The molecule has 0 aromatic rings. The second-order valence-electron chi connectivity index (χ2n) is 11.3. The van der Waals surface area contributed by atoms with Crippen molar-refractivity contribution in [3.8, 4) is 0 Å². The fourth-order valence-corrected chi connectivity index (χ4v) is 8.72. The Morgan fingerprint density at radius 1 is 1.03 bits per heavy atom. The third-order valence-electron chi connectivity index (χ3n) is 10.3. The molecule has 0 aliphatic heterocycles. The molecular formula is C25H40O4. The highest BCUT2D eigenvalue weighted by atomic mass is 16.4. The van der Waals surface area contributed by atoms with Gasteiger partial charge >= 0.3 is 5.97 Å². The molecule has 4 fully saturated rings. The van der Waals surface area contributed by atoms with Crippen LogP contribution >= 0.6 is 0 Å². The van der Waals surface area contributed by atoms with Crippen molar-refractivity contribution in [2.75, 3.05) is 0 Å². The molecule has 4 aliphatic rings. The first-order chi connectivity index (χ1) is 13.7. The van der Waals surface area contributed by atoms with Gasteiger partial charge in [0.05, 0.1) is 6.10 Å². The van der Waals surface area contributed by atoms with Crippen molar-refractivity contribution >= 4 is 11.8 Å².